The van der Waals surface area contributed by atoms with Crippen LogP contribution in [0.5, 0.6) is 0 Å². The highest BCUT2D eigenvalue weighted by Crippen LogP contribution is 2.40. The molecular formula is C18H26O5. The van der Waals surface area contributed by atoms with Crippen molar-refractivity contribution in [3.05, 3.63) is 34.9 Å². The van der Waals surface area contributed by atoms with Crippen LogP contribution in [0, 0.1) is 5.41 Å². The number of aliphatic carboxylic acids is 1. The fourth-order valence-corrected chi connectivity index (χ4v) is 2.73. The van der Waals surface area contributed by atoms with Gasteiger partial charge in [-0.3, -0.25) is 9.59 Å². The number of aliphatic hydroxyl groups is 2. The zero-order valence-electron chi connectivity index (χ0n) is 14.2. The molecule has 0 fully saturated rings. The van der Waals surface area contributed by atoms with Gasteiger partial charge in [-0.05, 0) is 51.7 Å². The Bertz CT molecular complexity index is 568. The van der Waals surface area contributed by atoms with Gasteiger partial charge in [0.2, 0.25) is 0 Å². The van der Waals surface area contributed by atoms with Crippen molar-refractivity contribution in [1.29, 1.82) is 0 Å². The molecule has 0 amide bonds. The van der Waals surface area contributed by atoms with Crippen LogP contribution in [0.15, 0.2) is 34.9 Å². The van der Waals surface area contributed by atoms with Crippen molar-refractivity contribution in [1.82, 2.24) is 0 Å². The maximum Gasteiger partial charge on any atom is 0.313 e. The summed E-state index contributed by atoms with van der Waals surface area (Å²) in [6.07, 6.45) is 5.01. The maximum absolute atomic E-state index is 12.0. The molecule has 0 aliphatic heterocycles. The van der Waals surface area contributed by atoms with Crippen molar-refractivity contribution in [3.63, 3.8) is 0 Å². The Morgan fingerprint density at radius 3 is 2.61 bits per heavy atom. The first-order valence-corrected chi connectivity index (χ1v) is 7.79. The summed E-state index contributed by atoms with van der Waals surface area (Å²) in [7, 11) is 0. The van der Waals surface area contributed by atoms with E-state index < -0.39 is 23.3 Å². The first-order chi connectivity index (χ1) is 10.6. The second-order valence-electron chi connectivity index (χ2n) is 6.47. The minimum atomic E-state index is -1.28. The number of Topliss-reactive ketones (excluding diaryl/α,β-unsaturated/α-hetero) is 1. The third-order valence-corrected chi connectivity index (χ3v) is 4.31. The van der Waals surface area contributed by atoms with Crippen molar-refractivity contribution in [2.45, 2.75) is 59.2 Å². The third kappa shape index (κ3) is 4.62. The van der Waals surface area contributed by atoms with E-state index in [0.29, 0.717) is 17.6 Å². The van der Waals surface area contributed by atoms with Gasteiger partial charge in [-0.2, -0.15) is 0 Å². The van der Waals surface area contributed by atoms with E-state index in [1.165, 1.54) is 6.92 Å². The summed E-state index contributed by atoms with van der Waals surface area (Å²) in [6.45, 7) is 6.69. The first kappa shape index (κ1) is 19.3. The van der Waals surface area contributed by atoms with Crippen molar-refractivity contribution in [2.75, 3.05) is 0 Å². The summed E-state index contributed by atoms with van der Waals surface area (Å²) in [6, 6.07) is 0. The van der Waals surface area contributed by atoms with Gasteiger partial charge in [-0.25, -0.2) is 0 Å². The first-order valence-electron chi connectivity index (χ1n) is 7.79. The average molecular weight is 322 g/mol. The normalized spacial score (nSPS) is 27.7. The minimum Gasteiger partial charge on any atom is -0.481 e. The molecule has 5 heteroatoms. The van der Waals surface area contributed by atoms with Gasteiger partial charge in [0.05, 0.1) is 11.5 Å². The summed E-state index contributed by atoms with van der Waals surface area (Å²) in [5, 5.41) is 28.6. The van der Waals surface area contributed by atoms with Crippen LogP contribution in [-0.2, 0) is 9.59 Å². The Balaban J connectivity index is 3.08. The molecule has 0 radical (unpaired) electrons. The molecule has 5 nitrogen and oxygen atoms in total. The fraction of sp³-hybridized carbons (Fsp3) is 0.556. The van der Waals surface area contributed by atoms with Crippen LogP contribution >= 0.6 is 0 Å². The van der Waals surface area contributed by atoms with Crippen molar-refractivity contribution >= 4 is 11.8 Å². The molecule has 0 saturated heterocycles. The number of hydrogen-bond acceptors (Lipinski definition) is 4. The lowest BCUT2D eigenvalue weighted by molar-refractivity contribution is -0.148. The Hall–Kier alpha value is -1.72. The summed E-state index contributed by atoms with van der Waals surface area (Å²) in [5.41, 5.74) is 0.371. The number of aliphatic hydroxyl groups excluding tert-OH is 2. The van der Waals surface area contributed by atoms with E-state index in [9.17, 15) is 24.9 Å². The van der Waals surface area contributed by atoms with Gasteiger partial charge < -0.3 is 15.3 Å². The highest BCUT2D eigenvalue weighted by molar-refractivity contribution is 6.02. The van der Waals surface area contributed by atoms with Crippen molar-refractivity contribution in [3.8, 4) is 0 Å². The van der Waals surface area contributed by atoms with Crippen LogP contribution in [0.1, 0.15) is 47.0 Å². The summed E-state index contributed by atoms with van der Waals surface area (Å²) >= 11 is 0. The molecule has 0 bridgehead atoms. The number of rotatable bonds is 6. The molecule has 0 heterocycles. The number of hydrogen-bond donors (Lipinski definition) is 3. The van der Waals surface area contributed by atoms with E-state index in [0.717, 1.165) is 12.0 Å². The largest absolute Gasteiger partial charge is 0.481 e. The van der Waals surface area contributed by atoms with Gasteiger partial charge in [0.25, 0.3) is 0 Å². The Kier molecular flexibility index (Phi) is 6.47. The molecule has 0 saturated carbocycles. The molecule has 1 rings (SSSR count). The van der Waals surface area contributed by atoms with Crippen LogP contribution in [0.4, 0.5) is 0 Å². The van der Waals surface area contributed by atoms with Crippen LogP contribution in [-0.4, -0.2) is 39.3 Å². The smallest absolute Gasteiger partial charge is 0.313 e. The molecule has 0 aromatic rings. The van der Waals surface area contributed by atoms with E-state index in [1.807, 2.05) is 13.0 Å². The molecule has 0 aromatic heterocycles. The van der Waals surface area contributed by atoms with Crippen LogP contribution in [0.3, 0.4) is 0 Å². The van der Waals surface area contributed by atoms with E-state index in [1.54, 1.807) is 26.0 Å². The lowest BCUT2D eigenvalue weighted by atomic mass is 9.69. The van der Waals surface area contributed by atoms with E-state index in [4.69, 9.17) is 0 Å². The third-order valence-electron chi connectivity index (χ3n) is 4.31. The number of carboxylic acids is 1. The molecule has 3 atom stereocenters. The number of ketones is 1. The van der Waals surface area contributed by atoms with E-state index in [-0.39, 0.29) is 12.5 Å². The Morgan fingerprint density at radius 2 is 2.09 bits per heavy atom. The van der Waals surface area contributed by atoms with Crippen molar-refractivity contribution < 1.29 is 24.9 Å². The molecule has 1 aliphatic rings. The van der Waals surface area contributed by atoms with Gasteiger partial charge in [0.1, 0.15) is 6.10 Å². The van der Waals surface area contributed by atoms with Gasteiger partial charge >= 0.3 is 5.97 Å². The quantitative estimate of drug-likeness (QED) is 0.653. The fourth-order valence-electron chi connectivity index (χ4n) is 2.73. The molecule has 0 unspecified atom stereocenters. The molecular weight excluding hydrogens is 296 g/mol. The summed E-state index contributed by atoms with van der Waals surface area (Å²) < 4.78 is 0. The predicted octanol–water partition coefficient (Wildman–Crippen LogP) is 2.39. The number of carbonyl (C=O) groups excluding carboxylic acids is 1. The van der Waals surface area contributed by atoms with E-state index in [2.05, 4.69) is 0 Å². The molecule has 0 aromatic carbocycles. The zero-order chi connectivity index (χ0) is 17.8. The Morgan fingerprint density at radius 1 is 1.48 bits per heavy atom. The monoisotopic (exact) mass is 322 g/mol. The zero-order valence-corrected chi connectivity index (χ0v) is 14.2. The summed E-state index contributed by atoms with van der Waals surface area (Å²) in [5.74, 6) is -1.47. The van der Waals surface area contributed by atoms with Gasteiger partial charge in [0.15, 0.2) is 5.78 Å². The molecule has 3 N–H and O–H groups in total. The molecule has 128 valence electrons. The van der Waals surface area contributed by atoms with E-state index >= 15 is 0 Å². The van der Waals surface area contributed by atoms with Gasteiger partial charge in [-0.15, -0.1) is 0 Å². The molecule has 1 aliphatic carbocycles. The molecule has 0 spiro atoms. The predicted molar refractivity (Wildman–Crippen MR) is 87.9 cm³/mol. The highest BCUT2D eigenvalue weighted by atomic mass is 16.4. The second kappa shape index (κ2) is 7.70. The minimum absolute atomic E-state index is 0.122. The maximum atomic E-state index is 12.0. The topological polar surface area (TPSA) is 94.8 Å². The van der Waals surface area contributed by atoms with Gasteiger partial charge in [-0.1, -0.05) is 23.8 Å². The van der Waals surface area contributed by atoms with Gasteiger partial charge in [0, 0.05) is 6.42 Å². The SMILES string of the molecule is CC1=C(/C=C/C(C)=C\CC[C@H](C)O)[C@@](C)(C(=O)O)C[C@@H](O)C1=O. The van der Waals surface area contributed by atoms with Crippen LogP contribution in [0.25, 0.3) is 0 Å². The number of carbonyl (C=O) groups is 2. The average Bonchev–Trinajstić information content (AvgIpc) is 2.44. The molecule has 23 heavy (non-hydrogen) atoms. The lowest BCUT2D eigenvalue weighted by Gasteiger charge is -2.34. The van der Waals surface area contributed by atoms with Crippen molar-refractivity contribution in [2.24, 2.45) is 5.41 Å². The highest BCUT2D eigenvalue weighted by Gasteiger charge is 2.45. The standard InChI is InChI=1S/C18H26O5/c1-11(6-5-7-12(2)19)8-9-14-13(3)16(21)15(20)10-18(14,4)17(22)23/h6,8-9,12,15,19-20H,5,7,10H2,1-4H3,(H,22,23)/b9-8+,11-6-/t12-,15+,18-/m0/s1. The second-order valence-corrected chi connectivity index (χ2v) is 6.47. The Labute approximate surface area is 137 Å². The van der Waals surface area contributed by atoms with Crippen LogP contribution in [0.2, 0.25) is 0 Å². The summed E-state index contributed by atoms with van der Waals surface area (Å²) in [4.78, 5) is 23.6. The number of allylic oxidation sites excluding steroid dienone is 4. The lowest BCUT2D eigenvalue weighted by Crippen LogP contribution is -2.42. The number of carboxylic acid groups (broad SMARTS) is 1. The van der Waals surface area contributed by atoms with Crippen LogP contribution < -0.4 is 0 Å².